The second kappa shape index (κ2) is 16.6. The van der Waals surface area contributed by atoms with Crippen LogP contribution in [-0.2, 0) is 14.4 Å². The van der Waals surface area contributed by atoms with Crippen LogP contribution in [0.2, 0.25) is 0 Å². The number of carbonyl (C=O) groups is 3. The number of likely N-dealkylation sites (N-methyl/N-ethyl adjacent to an activating group) is 1. The number of benzene rings is 1. The van der Waals surface area contributed by atoms with Gasteiger partial charge in [0.25, 0.3) is 11.8 Å². The first-order chi connectivity index (χ1) is 22.8. The zero-order valence-electron chi connectivity index (χ0n) is 28.1. The number of nitrogens with one attached hydrogen (secondary N) is 4. The molecule has 3 amide bonds. The summed E-state index contributed by atoms with van der Waals surface area (Å²) in [4.78, 5) is 47.7. The lowest BCUT2D eigenvalue weighted by Gasteiger charge is -2.41. The fourth-order valence-corrected chi connectivity index (χ4v) is 5.00. The van der Waals surface area contributed by atoms with Crippen molar-refractivity contribution in [2.45, 2.75) is 45.4 Å². The molecule has 2 aliphatic rings. The largest absolute Gasteiger partial charge is 0.494 e. The molecule has 15 heteroatoms. The van der Waals surface area contributed by atoms with E-state index in [-0.39, 0.29) is 42.1 Å². The Balaban J connectivity index is 1.95. The Morgan fingerprint density at radius 3 is 2.60 bits per heavy atom. The van der Waals surface area contributed by atoms with Crippen molar-refractivity contribution in [2.75, 3.05) is 32.6 Å². The molecule has 0 spiro atoms. The van der Waals surface area contributed by atoms with E-state index in [0.29, 0.717) is 41.1 Å². The molecular weight excluding hydrogens is 608 g/mol. The molecule has 4 radical (unpaired) electrons. The molecule has 1 unspecified atom stereocenters. The van der Waals surface area contributed by atoms with Crippen LogP contribution in [0.25, 0.3) is 5.57 Å². The second-order valence-electron chi connectivity index (χ2n) is 11.5. The summed E-state index contributed by atoms with van der Waals surface area (Å²) in [6.45, 7) is 10.2. The van der Waals surface area contributed by atoms with Crippen molar-refractivity contribution < 1.29 is 19.1 Å². The zero-order chi connectivity index (χ0) is 35.6. The van der Waals surface area contributed by atoms with Gasteiger partial charge in [0.15, 0.2) is 5.84 Å². The summed E-state index contributed by atoms with van der Waals surface area (Å²) < 4.78 is 5.82. The van der Waals surface area contributed by atoms with Gasteiger partial charge in [0.2, 0.25) is 6.41 Å². The molecule has 0 saturated heterocycles. The minimum absolute atomic E-state index is 0.0508. The van der Waals surface area contributed by atoms with Crippen LogP contribution < -0.4 is 37.5 Å². The molecule has 0 bridgehead atoms. The molecule has 1 aromatic carbocycles. The number of aryl methyl sites for hydroxylation is 1. The maximum absolute atomic E-state index is 13.9. The highest BCUT2D eigenvalue weighted by molar-refractivity contribution is 6.45. The third-order valence-electron chi connectivity index (χ3n) is 7.84. The van der Waals surface area contributed by atoms with Gasteiger partial charge in [0.05, 0.1) is 53.0 Å². The quantitative estimate of drug-likeness (QED) is 0.0710. The van der Waals surface area contributed by atoms with Crippen molar-refractivity contribution in [1.82, 2.24) is 20.9 Å². The number of hydrogen-bond donors (Lipinski definition) is 6. The van der Waals surface area contributed by atoms with Crippen LogP contribution >= 0.6 is 0 Å². The number of rotatable bonds is 15. The second-order valence-corrected chi connectivity index (χ2v) is 11.5. The third-order valence-corrected chi connectivity index (χ3v) is 7.84. The van der Waals surface area contributed by atoms with Gasteiger partial charge < -0.3 is 42.4 Å². The first-order valence-corrected chi connectivity index (χ1v) is 15.4. The maximum atomic E-state index is 13.9. The Bertz CT molecular complexity index is 1630. The SMILES string of the molecule is [B]C([B])(CCCC)N(CC1=CC(=C)C(C)C=N1)C(=O)C1=NCC(c2c(C)ccc(NC(/C=C(\N)NC=O)=C(/N)C(=O)NC)c2OC)=CN1. The highest BCUT2D eigenvalue weighted by Gasteiger charge is 2.34. The Morgan fingerprint density at radius 1 is 1.29 bits per heavy atom. The standard InChI is InChI=1S/C33H43B2N9O4/c1-7-8-11-33(34,35)44(17-23-12-20(3)21(4)14-39-23)32(47)30-40-15-22(16-41-30)27-19(2)9-10-24(29(27)48-6)43-25(13-26(36)42-18-45)28(37)31(46)38-5/h9-10,12-15,18,21,43H,3,7-8,11,16-17,36-37H2,1-2,4-6H3,(H,38,46)(H,40,41)(H,42,45)/b26-13+,28-25+. The van der Waals surface area contributed by atoms with Crippen LogP contribution in [0.15, 0.2) is 75.5 Å². The predicted octanol–water partition coefficient (Wildman–Crippen LogP) is 1.39. The normalized spacial score (nSPS) is 16.8. The van der Waals surface area contributed by atoms with Crippen molar-refractivity contribution >= 4 is 57.2 Å². The number of allylic oxidation sites excluding steroid dienone is 3. The highest BCUT2D eigenvalue weighted by atomic mass is 16.5. The number of hydrogen-bond acceptors (Lipinski definition) is 10. The van der Waals surface area contributed by atoms with E-state index >= 15 is 0 Å². The average molecular weight is 651 g/mol. The molecule has 8 N–H and O–H groups in total. The molecule has 1 atom stereocenters. The molecule has 0 saturated carbocycles. The molecule has 0 aliphatic carbocycles. The number of ether oxygens (including phenoxy) is 1. The number of carbonyl (C=O) groups excluding carboxylic acids is 3. The molecule has 0 fully saturated rings. The lowest BCUT2D eigenvalue weighted by Crippen LogP contribution is -2.57. The summed E-state index contributed by atoms with van der Waals surface area (Å²) in [5, 5.41) is 9.44. The summed E-state index contributed by atoms with van der Waals surface area (Å²) in [6.07, 6.45) is 8.96. The predicted molar refractivity (Wildman–Crippen MR) is 192 cm³/mol. The van der Waals surface area contributed by atoms with Crippen LogP contribution in [0.3, 0.4) is 0 Å². The molecule has 250 valence electrons. The maximum Gasteiger partial charge on any atom is 0.288 e. The Kier molecular flexibility index (Phi) is 12.9. The van der Waals surface area contributed by atoms with Crippen molar-refractivity contribution in [3.63, 3.8) is 0 Å². The number of aliphatic imine (C=N–C) groups is 2. The van der Waals surface area contributed by atoms with Crippen molar-refractivity contribution in [3.8, 4) is 5.75 Å². The summed E-state index contributed by atoms with van der Waals surface area (Å²) in [5.74, 6) is -0.528. The zero-order valence-corrected chi connectivity index (χ0v) is 28.1. The number of unbranched alkanes of at least 4 members (excludes halogenated alkanes) is 1. The topological polar surface area (TPSA) is 189 Å². The van der Waals surface area contributed by atoms with Gasteiger partial charge in [-0.2, -0.15) is 0 Å². The molecule has 1 aromatic rings. The van der Waals surface area contributed by atoms with E-state index in [1.807, 2.05) is 32.9 Å². The van der Waals surface area contributed by atoms with Gasteiger partial charge in [-0.1, -0.05) is 39.3 Å². The van der Waals surface area contributed by atoms with Gasteiger partial charge in [-0.15, -0.1) is 0 Å². The van der Waals surface area contributed by atoms with E-state index in [4.69, 9.17) is 31.9 Å². The van der Waals surface area contributed by atoms with Crippen LogP contribution in [0, 0.1) is 12.8 Å². The molecule has 48 heavy (non-hydrogen) atoms. The van der Waals surface area contributed by atoms with E-state index in [1.54, 1.807) is 18.5 Å². The molecule has 13 nitrogen and oxygen atoms in total. The van der Waals surface area contributed by atoms with Crippen molar-refractivity contribution in [1.29, 1.82) is 0 Å². The summed E-state index contributed by atoms with van der Waals surface area (Å²) in [6, 6.07) is 3.59. The van der Waals surface area contributed by atoms with Crippen LogP contribution in [0.4, 0.5) is 5.69 Å². The number of methoxy groups -OCH3 is 1. The summed E-state index contributed by atoms with van der Waals surface area (Å²) in [5.41, 5.74) is 16.1. The number of amidine groups is 1. The van der Waals surface area contributed by atoms with Crippen molar-refractivity contribution in [3.05, 3.63) is 76.7 Å². The van der Waals surface area contributed by atoms with Crippen LogP contribution in [0.5, 0.6) is 5.75 Å². The first kappa shape index (κ1) is 37.3. The highest BCUT2D eigenvalue weighted by Crippen LogP contribution is 2.38. The van der Waals surface area contributed by atoms with Crippen molar-refractivity contribution in [2.24, 2.45) is 27.4 Å². The van der Waals surface area contributed by atoms with Gasteiger partial charge in [-0.25, -0.2) is 0 Å². The molecular formula is C33H43B2N9O4. The van der Waals surface area contributed by atoms with E-state index < -0.39 is 17.2 Å². The monoisotopic (exact) mass is 651 g/mol. The summed E-state index contributed by atoms with van der Waals surface area (Å²) >= 11 is 0. The van der Waals surface area contributed by atoms with Gasteiger partial charge >= 0.3 is 0 Å². The van der Waals surface area contributed by atoms with Gasteiger partial charge in [-0.3, -0.25) is 24.4 Å². The molecule has 0 aromatic heterocycles. The first-order valence-electron chi connectivity index (χ1n) is 15.4. The summed E-state index contributed by atoms with van der Waals surface area (Å²) in [7, 11) is 16.0. The fraction of sp³-hybridized carbons (Fsp3) is 0.364. The van der Waals surface area contributed by atoms with Gasteiger partial charge in [0, 0.05) is 42.6 Å². The van der Waals surface area contributed by atoms with Gasteiger partial charge in [-0.05, 0) is 42.0 Å². The lowest BCUT2D eigenvalue weighted by atomic mass is 9.58. The molecule has 2 aliphatic heterocycles. The Labute approximate surface area is 284 Å². The number of anilines is 1. The number of amides is 3. The van der Waals surface area contributed by atoms with Crippen LogP contribution in [0.1, 0.15) is 44.2 Å². The average Bonchev–Trinajstić information content (AvgIpc) is 3.07. The van der Waals surface area contributed by atoms with E-state index in [0.717, 1.165) is 24.0 Å². The molecule has 3 rings (SSSR count). The van der Waals surface area contributed by atoms with E-state index in [9.17, 15) is 14.4 Å². The van der Waals surface area contributed by atoms with E-state index in [2.05, 4.69) is 37.8 Å². The minimum atomic E-state index is -1.46. The third kappa shape index (κ3) is 8.99. The van der Waals surface area contributed by atoms with Crippen LogP contribution in [-0.4, -0.2) is 83.5 Å². The minimum Gasteiger partial charge on any atom is -0.494 e. The van der Waals surface area contributed by atoms with Gasteiger partial charge in [0.1, 0.15) is 17.3 Å². The molecule has 2 heterocycles. The van der Waals surface area contributed by atoms with E-state index in [1.165, 1.54) is 25.1 Å². The Morgan fingerprint density at radius 2 is 2.02 bits per heavy atom. The smallest absolute Gasteiger partial charge is 0.288 e. The lowest BCUT2D eigenvalue weighted by molar-refractivity contribution is -0.125. The Hall–Kier alpha value is -5.20. The number of nitrogens with two attached hydrogens (primary N) is 2. The number of nitrogens with zero attached hydrogens (tertiary/aromatic N) is 3. The fourth-order valence-electron chi connectivity index (χ4n) is 5.00.